The molecule has 0 N–H and O–H groups in total. The van der Waals surface area contributed by atoms with E-state index in [9.17, 15) is 4.79 Å². The molecule has 0 aliphatic carbocycles. The number of fused-ring (bicyclic) bond motifs is 2. The molecule has 0 amide bonds. The smallest absolute Gasteiger partial charge is 0.337 e. The van der Waals surface area contributed by atoms with Gasteiger partial charge in [0, 0.05) is 24.5 Å². The van der Waals surface area contributed by atoms with E-state index >= 15 is 0 Å². The molecule has 0 spiro atoms. The number of allylic oxidation sites excluding steroid dienone is 1. The fourth-order valence-electron chi connectivity index (χ4n) is 3.13. The van der Waals surface area contributed by atoms with Gasteiger partial charge in [-0.3, -0.25) is 0 Å². The molecule has 0 saturated carbocycles. The van der Waals surface area contributed by atoms with Gasteiger partial charge in [-0.2, -0.15) is 0 Å². The molecule has 0 bridgehead atoms. The molecule has 130 valence electrons. The molecule has 26 heavy (non-hydrogen) atoms. The molecule has 5 heteroatoms. The zero-order valence-electron chi connectivity index (χ0n) is 14.4. The molecule has 2 heterocycles. The SMILES string of the molecule is COC(=O)c1ccc2c(c1)/C(=C/Cn1ccnc1)c1ccccc1CO2. The molecule has 2 aromatic carbocycles. The summed E-state index contributed by atoms with van der Waals surface area (Å²) in [7, 11) is 1.38. The van der Waals surface area contributed by atoms with Crippen molar-refractivity contribution in [3.05, 3.63) is 89.5 Å². The number of methoxy groups -OCH3 is 1. The van der Waals surface area contributed by atoms with Crippen LogP contribution in [0.15, 0.2) is 67.3 Å². The standard InChI is InChI=1S/C21H18N2O3/c1-25-21(24)15-6-7-20-19(12-15)18(8-10-23-11-9-22-14-23)17-5-3-2-4-16(17)13-26-20/h2-9,11-12,14H,10,13H2,1H3/b18-8+. The second-order valence-electron chi connectivity index (χ2n) is 6.03. The van der Waals surface area contributed by atoms with Gasteiger partial charge in [-0.25, -0.2) is 9.78 Å². The molecule has 0 unspecified atom stereocenters. The van der Waals surface area contributed by atoms with Gasteiger partial charge in [0.25, 0.3) is 0 Å². The predicted molar refractivity (Wildman–Crippen MR) is 97.9 cm³/mol. The maximum absolute atomic E-state index is 12.0. The lowest BCUT2D eigenvalue weighted by Gasteiger charge is -2.12. The Morgan fingerprint density at radius 3 is 2.96 bits per heavy atom. The summed E-state index contributed by atoms with van der Waals surface area (Å²) in [6, 6.07) is 13.6. The molecule has 1 aromatic heterocycles. The Morgan fingerprint density at radius 1 is 1.27 bits per heavy atom. The number of ether oxygens (including phenoxy) is 2. The third-order valence-electron chi connectivity index (χ3n) is 4.45. The third-order valence-corrected chi connectivity index (χ3v) is 4.45. The van der Waals surface area contributed by atoms with Crippen LogP contribution < -0.4 is 4.74 Å². The number of carbonyl (C=O) groups is 1. The minimum absolute atomic E-state index is 0.362. The largest absolute Gasteiger partial charge is 0.488 e. The molecule has 0 saturated heterocycles. The summed E-state index contributed by atoms with van der Waals surface area (Å²) in [5.74, 6) is 0.394. The zero-order valence-corrected chi connectivity index (χ0v) is 14.4. The second-order valence-corrected chi connectivity index (χ2v) is 6.03. The summed E-state index contributed by atoms with van der Waals surface area (Å²) in [6.07, 6.45) is 7.59. The Bertz CT molecular complexity index is 975. The maximum Gasteiger partial charge on any atom is 0.337 e. The summed E-state index contributed by atoms with van der Waals surface area (Å²) in [4.78, 5) is 16.1. The van der Waals surface area contributed by atoms with Crippen LogP contribution in [-0.2, 0) is 17.9 Å². The molecule has 3 aromatic rings. The Hall–Kier alpha value is -3.34. The first-order chi connectivity index (χ1) is 12.8. The first-order valence-electron chi connectivity index (χ1n) is 8.36. The van der Waals surface area contributed by atoms with E-state index < -0.39 is 0 Å². The van der Waals surface area contributed by atoms with Gasteiger partial charge in [0.2, 0.25) is 0 Å². The van der Waals surface area contributed by atoms with Crippen LogP contribution in [0.3, 0.4) is 0 Å². The van der Waals surface area contributed by atoms with Gasteiger partial charge in [0.1, 0.15) is 12.4 Å². The van der Waals surface area contributed by atoms with E-state index in [1.807, 2.05) is 35.0 Å². The maximum atomic E-state index is 12.0. The fraction of sp³-hybridized carbons (Fsp3) is 0.143. The third kappa shape index (κ3) is 2.99. The van der Waals surface area contributed by atoms with Crippen LogP contribution in [0.4, 0.5) is 0 Å². The Balaban J connectivity index is 1.86. The van der Waals surface area contributed by atoms with Gasteiger partial charge >= 0.3 is 5.97 Å². The highest BCUT2D eigenvalue weighted by atomic mass is 16.5. The van der Waals surface area contributed by atoms with Crippen LogP contribution in [0.1, 0.15) is 27.0 Å². The highest BCUT2D eigenvalue weighted by molar-refractivity contribution is 5.93. The van der Waals surface area contributed by atoms with Crippen molar-refractivity contribution in [3.8, 4) is 5.75 Å². The lowest BCUT2D eigenvalue weighted by atomic mass is 9.93. The molecule has 1 aliphatic heterocycles. The summed E-state index contributed by atoms with van der Waals surface area (Å²) < 4.78 is 12.9. The van der Waals surface area contributed by atoms with Crippen LogP contribution >= 0.6 is 0 Å². The molecule has 0 radical (unpaired) electrons. The van der Waals surface area contributed by atoms with Crippen LogP contribution in [0.2, 0.25) is 0 Å². The Kier molecular flexibility index (Phi) is 4.27. The van der Waals surface area contributed by atoms with E-state index in [1.54, 1.807) is 18.6 Å². The molecular formula is C21H18N2O3. The number of hydrogen-bond acceptors (Lipinski definition) is 4. The molecular weight excluding hydrogens is 328 g/mol. The van der Waals surface area contributed by atoms with Crippen molar-refractivity contribution in [2.75, 3.05) is 7.11 Å². The van der Waals surface area contributed by atoms with E-state index in [4.69, 9.17) is 9.47 Å². The van der Waals surface area contributed by atoms with E-state index in [2.05, 4.69) is 23.2 Å². The van der Waals surface area contributed by atoms with Crippen LogP contribution in [0.5, 0.6) is 5.75 Å². The average Bonchev–Trinajstić information content (AvgIpc) is 3.15. The zero-order chi connectivity index (χ0) is 17.9. The topological polar surface area (TPSA) is 53.4 Å². The minimum atomic E-state index is -0.362. The number of rotatable bonds is 3. The van der Waals surface area contributed by atoms with Gasteiger partial charge in [0.15, 0.2) is 0 Å². The summed E-state index contributed by atoms with van der Waals surface area (Å²) in [5, 5.41) is 0. The predicted octanol–water partition coefficient (Wildman–Crippen LogP) is 3.69. The van der Waals surface area contributed by atoms with Gasteiger partial charge in [-0.05, 0) is 34.9 Å². The van der Waals surface area contributed by atoms with Crippen molar-refractivity contribution >= 4 is 11.5 Å². The minimum Gasteiger partial charge on any atom is -0.488 e. The number of hydrogen-bond donors (Lipinski definition) is 0. The van der Waals surface area contributed by atoms with Crippen molar-refractivity contribution < 1.29 is 14.3 Å². The number of imidazole rings is 1. The van der Waals surface area contributed by atoms with Gasteiger partial charge in [-0.1, -0.05) is 30.3 Å². The fourth-order valence-corrected chi connectivity index (χ4v) is 3.13. The Labute approximate surface area is 151 Å². The van der Waals surface area contributed by atoms with Crippen LogP contribution in [-0.4, -0.2) is 22.6 Å². The second kappa shape index (κ2) is 6.88. The molecule has 4 rings (SSSR count). The lowest BCUT2D eigenvalue weighted by molar-refractivity contribution is 0.0600. The number of esters is 1. The molecule has 0 fully saturated rings. The van der Waals surface area contributed by atoms with E-state index in [0.29, 0.717) is 18.7 Å². The van der Waals surface area contributed by atoms with E-state index in [1.165, 1.54) is 7.11 Å². The van der Waals surface area contributed by atoms with Crippen molar-refractivity contribution in [1.82, 2.24) is 9.55 Å². The van der Waals surface area contributed by atoms with Gasteiger partial charge in [-0.15, -0.1) is 0 Å². The van der Waals surface area contributed by atoms with Crippen molar-refractivity contribution in [2.24, 2.45) is 0 Å². The molecule has 0 atom stereocenters. The van der Waals surface area contributed by atoms with Crippen LogP contribution in [0.25, 0.3) is 5.57 Å². The van der Waals surface area contributed by atoms with Crippen molar-refractivity contribution in [2.45, 2.75) is 13.2 Å². The summed E-state index contributed by atoms with van der Waals surface area (Å²) in [6.45, 7) is 1.16. The van der Waals surface area contributed by atoms with Crippen molar-refractivity contribution in [1.29, 1.82) is 0 Å². The van der Waals surface area contributed by atoms with Crippen molar-refractivity contribution in [3.63, 3.8) is 0 Å². The van der Waals surface area contributed by atoms with Crippen LogP contribution in [0, 0.1) is 0 Å². The monoisotopic (exact) mass is 346 g/mol. The summed E-state index contributed by atoms with van der Waals surface area (Å²) in [5.41, 5.74) is 4.64. The quantitative estimate of drug-likeness (QED) is 0.679. The number of benzene rings is 2. The van der Waals surface area contributed by atoms with E-state index in [0.717, 1.165) is 28.0 Å². The Morgan fingerprint density at radius 2 is 2.15 bits per heavy atom. The number of nitrogens with zero attached hydrogens (tertiary/aromatic N) is 2. The van der Waals surface area contributed by atoms with Gasteiger partial charge in [0.05, 0.1) is 19.0 Å². The number of aromatic nitrogens is 2. The average molecular weight is 346 g/mol. The molecule has 1 aliphatic rings. The molecule has 5 nitrogen and oxygen atoms in total. The van der Waals surface area contributed by atoms with E-state index in [-0.39, 0.29) is 5.97 Å². The first kappa shape index (κ1) is 16.1. The highest BCUT2D eigenvalue weighted by Crippen LogP contribution is 2.37. The number of carbonyl (C=O) groups excluding carboxylic acids is 1. The first-order valence-corrected chi connectivity index (χ1v) is 8.36. The summed E-state index contributed by atoms with van der Waals surface area (Å²) >= 11 is 0. The van der Waals surface area contributed by atoms with Gasteiger partial charge < -0.3 is 14.0 Å². The highest BCUT2D eigenvalue weighted by Gasteiger charge is 2.20. The lowest BCUT2D eigenvalue weighted by Crippen LogP contribution is -2.03. The normalized spacial score (nSPS) is 14.1.